The van der Waals surface area contributed by atoms with Crippen molar-refractivity contribution in [1.82, 2.24) is 24.7 Å². The number of nitrogens with zero attached hydrogens (tertiary/aromatic N) is 4. The maximum absolute atomic E-state index is 14.1. The van der Waals surface area contributed by atoms with Gasteiger partial charge in [-0.15, -0.1) is 6.58 Å². The summed E-state index contributed by atoms with van der Waals surface area (Å²) < 4.78 is 21.2. The largest absolute Gasteiger partial charge is 0.422 e. The first kappa shape index (κ1) is 16.6. The molecule has 7 nitrogen and oxygen atoms in total. The number of ether oxygens (including phenoxy) is 1. The van der Waals surface area contributed by atoms with Gasteiger partial charge in [-0.3, -0.25) is 19.4 Å². The molecule has 0 aliphatic rings. The lowest BCUT2D eigenvalue weighted by Crippen LogP contribution is -2.10. The predicted octanol–water partition coefficient (Wildman–Crippen LogP) is 3.22. The van der Waals surface area contributed by atoms with Crippen LogP contribution in [0.1, 0.15) is 11.6 Å². The molecule has 0 saturated carbocycles. The van der Waals surface area contributed by atoms with Crippen molar-refractivity contribution >= 4 is 10.9 Å². The van der Waals surface area contributed by atoms with E-state index in [0.29, 0.717) is 22.2 Å². The van der Waals surface area contributed by atoms with Crippen molar-refractivity contribution in [2.45, 2.75) is 6.04 Å². The Bertz CT molecular complexity index is 1180. The molecule has 4 rings (SSSR count). The van der Waals surface area contributed by atoms with Gasteiger partial charge in [0.05, 0.1) is 35.5 Å². The summed E-state index contributed by atoms with van der Waals surface area (Å²) in [4.78, 5) is 22.8. The first-order chi connectivity index (χ1) is 13.2. The summed E-state index contributed by atoms with van der Waals surface area (Å²) >= 11 is 0. The van der Waals surface area contributed by atoms with Gasteiger partial charge in [-0.25, -0.2) is 4.39 Å². The number of fused-ring (bicyclic) bond motifs is 1. The average molecular weight is 363 g/mol. The first-order valence-electron chi connectivity index (χ1n) is 8.09. The number of H-pyrrole nitrogens is 1. The van der Waals surface area contributed by atoms with Crippen molar-refractivity contribution in [3.05, 3.63) is 89.5 Å². The maximum atomic E-state index is 14.1. The normalized spacial score (nSPS) is 12.0. The number of hydrogen-bond acceptors (Lipinski definition) is 5. The Morgan fingerprint density at radius 1 is 1.26 bits per heavy atom. The molecule has 134 valence electrons. The predicted molar refractivity (Wildman–Crippen MR) is 97.2 cm³/mol. The zero-order chi connectivity index (χ0) is 18.8. The Hall–Kier alpha value is -3.81. The summed E-state index contributed by atoms with van der Waals surface area (Å²) in [5.74, 6) is -0.0158. The van der Waals surface area contributed by atoms with E-state index < -0.39 is 6.04 Å². The number of nitrogens with one attached hydrogen (secondary N) is 1. The van der Waals surface area contributed by atoms with Crippen LogP contribution >= 0.6 is 0 Å². The van der Waals surface area contributed by atoms with Gasteiger partial charge in [0.1, 0.15) is 5.82 Å². The van der Waals surface area contributed by atoms with Crippen molar-refractivity contribution in [1.29, 1.82) is 0 Å². The highest BCUT2D eigenvalue weighted by molar-refractivity contribution is 5.76. The van der Waals surface area contributed by atoms with Gasteiger partial charge in [0.15, 0.2) is 5.75 Å². The zero-order valence-corrected chi connectivity index (χ0v) is 14.0. The molecular weight excluding hydrogens is 349 g/mol. The molecule has 1 N–H and O–H groups in total. The summed E-state index contributed by atoms with van der Waals surface area (Å²) in [5.41, 5.74) is 0.518. The van der Waals surface area contributed by atoms with Crippen molar-refractivity contribution in [3.8, 4) is 11.8 Å². The summed E-state index contributed by atoms with van der Waals surface area (Å²) in [6, 6.07) is 7.49. The number of pyridine rings is 1. The maximum Gasteiger partial charge on any atom is 0.302 e. The van der Waals surface area contributed by atoms with E-state index in [2.05, 4.69) is 26.6 Å². The summed E-state index contributed by atoms with van der Waals surface area (Å²) in [5, 5.41) is 4.62. The van der Waals surface area contributed by atoms with Crippen LogP contribution in [0.5, 0.6) is 11.8 Å². The number of halogens is 1. The lowest BCUT2D eigenvalue weighted by molar-refractivity contribution is 0.441. The van der Waals surface area contributed by atoms with E-state index in [9.17, 15) is 9.18 Å². The van der Waals surface area contributed by atoms with Crippen LogP contribution in [-0.4, -0.2) is 24.7 Å². The third kappa shape index (κ3) is 3.20. The van der Waals surface area contributed by atoms with E-state index in [4.69, 9.17) is 4.74 Å². The van der Waals surface area contributed by atoms with Gasteiger partial charge < -0.3 is 4.74 Å². The van der Waals surface area contributed by atoms with Gasteiger partial charge in [0, 0.05) is 11.8 Å². The number of rotatable bonds is 5. The van der Waals surface area contributed by atoms with Crippen LogP contribution in [0.4, 0.5) is 4.39 Å². The van der Waals surface area contributed by atoms with Crippen LogP contribution in [0.2, 0.25) is 0 Å². The van der Waals surface area contributed by atoms with Gasteiger partial charge in [-0.2, -0.15) is 10.1 Å². The molecule has 0 saturated heterocycles. The van der Waals surface area contributed by atoms with E-state index in [-0.39, 0.29) is 17.4 Å². The molecule has 0 aliphatic carbocycles. The van der Waals surface area contributed by atoms with E-state index in [1.807, 2.05) is 0 Å². The molecular formula is C19H14FN5O2. The molecule has 0 unspecified atom stereocenters. The Labute approximate surface area is 152 Å². The van der Waals surface area contributed by atoms with Gasteiger partial charge in [-0.1, -0.05) is 24.3 Å². The molecule has 0 aliphatic heterocycles. The van der Waals surface area contributed by atoms with Crippen LogP contribution in [0.15, 0.2) is 72.6 Å². The van der Waals surface area contributed by atoms with Gasteiger partial charge in [0.2, 0.25) is 0 Å². The number of allylic oxidation sites excluding steroid dienone is 1. The molecule has 0 bridgehead atoms. The second kappa shape index (κ2) is 6.83. The van der Waals surface area contributed by atoms with Crippen LogP contribution < -0.4 is 10.3 Å². The Morgan fingerprint density at radius 2 is 2.11 bits per heavy atom. The summed E-state index contributed by atoms with van der Waals surface area (Å²) in [6.45, 7) is 3.76. The molecule has 0 amide bonds. The number of aromatic amines is 1. The van der Waals surface area contributed by atoms with E-state index in [1.54, 1.807) is 36.5 Å². The molecule has 0 radical (unpaired) electrons. The molecule has 3 heterocycles. The lowest BCUT2D eigenvalue weighted by Gasteiger charge is -2.14. The minimum Gasteiger partial charge on any atom is -0.422 e. The summed E-state index contributed by atoms with van der Waals surface area (Å²) in [7, 11) is 0. The second-order valence-electron chi connectivity index (χ2n) is 5.72. The second-order valence-corrected chi connectivity index (χ2v) is 5.72. The Balaban J connectivity index is 1.64. The third-order valence-electron chi connectivity index (χ3n) is 4.01. The Morgan fingerprint density at radius 3 is 2.93 bits per heavy atom. The zero-order valence-electron chi connectivity index (χ0n) is 14.0. The highest BCUT2D eigenvalue weighted by Gasteiger charge is 2.16. The average Bonchev–Trinajstić information content (AvgIpc) is 3.12. The SMILES string of the molecule is C=C[C@H](c1ccccc1F)n1cc(Oc2nc3cnccc3c(=O)[nH]2)cn1. The van der Waals surface area contributed by atoms with Crippen molar-refractivity contribution in [2.24, 2.45) is 0 Å². The Kier molecular flexibility index (Phi) is 4.21. The first-order valence-corrected chi connectivity index (χ1v) is 8.09. The van der Waals surface area contributed by atoms with Gasteiger partial charge >= 0.3 is 6.01 Å². The van der Waals surface area contributed by atoms with E-state index in [1.165, 1.54) is 29.3 Å². The molecule has 8 heteroatoms. The lowest BCUT2D eigenvalue weighted by atomic mass is 10.1. The number of aromatic nitrogens is 5. The molecule has 1 aromatic carbocycles. The smallest absolute Gasteiger partial charge is 0.302 e. The van der Waals surface area contributed by atoms with Crippen molar-refractivity contribution in [2.75, 3.05) is 0 Å². The monoisotopic (exact) mass is 363 g/mol. The van der Waals surface area contributed by atoms with Crippen LogP contribution in [0.25, 0.3) is 10.9 Å². The van der Waals surface area contributed by atoms with Crippen LogP contribution in [0, 0.1) is 5.82 Å². The highest BCUT2D eigenvalue weighted by atomic mass is 19.1. The fourth-order valence-electron chi connectivity index (χ4n) is 2.75. The molecule has 4 aromatic rings. The molecule has 0 spiro atoms. The standard InChI is InChI=1S/C19H14FN5O2/c1-2-17(13-5-3-4-6-15(13)20)25-11-12(9-22-25)27-19-23-16-10-21-8-7-14(16)18(26)24-19/h2-11,17H,1H2,(H,23,24,26)/t17-/m1/s1. The molecule has 0 fully saturated rings. The fraction of sp³-hybridized carbons (Fsp3) is 0.0526. The fourth-order valence-corrected chi connectivity index (χ4v) is 2.75. The third-order valence-corrected chi connectivity index (χ3v) is 4.01. The molecule has 27 heavy (non-hydrogen) atoms. The minimum absolute atomic E-state index is 0.0149. The number of hydrogen-bond donors (Lipinski definition) is 1. The van der Waals surface area contributed by atoms with E-state index in [0.717, 1.165) is 0 Å². The van der Waals surface area contributed by atoms with Gasteiger partial charge in [0.25, 0.3) is 5.56 Å². The van der Waals surface area contributed by atoms with Crippen molar-refractivity contribution < 1.29 is 9.13 Å². The van der Waals surface area contributed by atoms with E-state index >= 15 is 0 Å². The minimum atomic E-state index is -0.503. The van der Waals surface area contributed by atoms with Crippen molar-refractivity contribution in [3.63, 3.8) is 0 Å². The molecule has 3 aromatic heterocycles. The number of benzene rings is 1. The quantitative estimate of drug-likeness (QED) is 0.550. The molecule has 1 atom stereocenters. The topological polar surface area (TPSA) is 85.7 Å². The summed E-state index contributed by atoms with van der Waals surface area (Å²) in [6.07, 6.45) is 7.60. The highest BCUT2D eigenvalue weighted by Crippen LogP contribution is 2.25. The van der Waals surface area contributed by atoms with Gasteiger partial charge in [-0.05, 0) is 12.1 Å². The van der Waals surface area contributed by atoms with Crippen LogP contribution in [-0.2, 0) is 0 Å². The van der Waals surface area contributed by atoms with Crippen LogP contribution in [0.3, 0.4) is 0 Å².